The van der Waals surface area contributed by atoms with Crippen molar-refractivity contribution in [2.75, 3.05) is 0 Å². The summed E-state index contributed by atoms with van der Waals surface area (Å²) in [6.07, 6.45) is 0. The van der Waals surface area contributed by atoms with Crippen LogP contribution in [0.25, 0.3) is 43.4 Å². The van der Waals surface area contributed by atoms with Gasteiger partial charge in [0.2, 0.25) is 0 Å². The molecule has 0 saturated heterocycles. The standard InChI is InChI=1S/C26H22/c1-15-11-16(2)13-21(12-15)24-18(4)14-20-8-7-19-6-5-17(3)22-9-10-23(24)26(20)25(19)22/h5-14H,1-4H3. The van der Waals surface area contributed by atoms with Crippen LogP contribution in [0.15, 0.2) is 60.7 Å². The van der Waals surface area contributed by atoms with E-state index in [1.165, 1.54) is 65.7 Å². The molecule has 0 aliphatic rings. The van der Waals surface area contributed by atoms with Crippen LogP contribution in [0.5, 0.6) is 0 Å². The molecule has 0 aliphatic carbocycles. The van der Waals surface area contributed by atoms with E-state index < -0.39 is 0 Å². The van der Waals surface area contributed by atoms with E-state index in [0.29, 0.717) is 0 Å². The van der Waals surface area contributed by atoms with Crippen LogP contribution < -0.4 is 0 Å². The second-order valence-corrected chi connectivity index (χ2v) is 7.75. The van der Waals surface area contributed by atoms with Crippen LogP contribution in [0, 0.1) is 27.7 Å². The normalized spacial score (nSPS) is 11.8. The Morgan fingerprint density at radius 3 is 1.88 bits per heavy atom. The van der Waals surface area contributed by atoms with Crippen molar-refractivity contribution in [1.29, 1.82) is 0 Å². The molecule has 0 radical (unpaired) electrons. The fourth-order valence-electron chi connectivity index (χ4n) is 4.67. The highest BCUT2D eigenvalue weighted by Gasteiger charge is 2.15. The minimum absolute atomic E-state index is 1.32. The third kappa shape index (κ3) is 2.08. The number of hydrogen-bond acceptors (Lipinski definition) is 0. The first-order valence-electron chi connectivity index (χ1n) is 9.29. The maximum Gasteiger partial charge on any atom is -0.00203 e. The molecule has 0 spiro atoms. The molecule has 5 aromatic carbocycles. The van der Waals surface area contributed by atoms with Crippen molar-refractivity contribution < 1.29 is 0 Å². The van der Waals surface area contributed by atoms with E-state index in [1.54, 1.807) is 0 Å². The zero-order valence-electron chi connectivity index (χ0n) is 15.8. The molecular weight excluding hydrogens is 312 g/mol. The van der Waals surface area contributed by atoms with Gasteiger partial charge in [0, 0.05) is 0 Å². The summed E-state index contributed by atoms with van der Waals surface area (Å²) in [5.74, 6) is 0. The lowest BCUT2D eigenvalue weighted by atomic mass is 9.86. The van der Waals surface area contributed by atoms with Crippen molar-refractivity contribution in [3.05, 3.63) is 82.9 Å². The third-order valence-corrected chi connectivity index (χ3v) is 5.71. The van der Waals surface area contributed by atoms with Gasteiger partial charge in [-0.2, -0.15) is 0 Å². The molecule has 0 aliphatic heterocycles. The second kappa shape index (κ2) is 5.32. The maximum absolute atomic E-state index is 2.36. The number of aryl methyl sites for hydroxylation is 4. The Morgan fingerprint density at radius 2 is 1.12 bits per heavy atom. The van der Waals surface area contributed by atoms with Crippen molar-refractivity contribution in [3.8, 4) is 11.1 Å². The summed E-state index contributed by atoms with van der Waals surface area (Å²) >= 11 is 0. The Kier molecular flexibility index (Phi) is 3.15. The second-order valence-electron chi connectivity index (χ2n) is 7.75. The number of hydrogen-bond donors (Lipinski definition) is 0. The van der Waals surface area contributed by atoms with E-state index in [-0.39, 0.29) is 0 Å². The van der Waals surface area contributed by atoms with E-state index in [1.807, 2.05) is 0 Å². The molecule has 126 valence electrons. The summed E-state index contributed by atoms with van der Waals surface area (Å²) in [6, 6.07) is 22.9. The van der Waals surface area contributed by atoms with Crippen molar-refractivity contribution in [3.63, 3.8) is 0 Å². The molecule has 5 rings (SSSR count). The average Bonchev–Trinajstić information content (AvgIpc) is 2.59. The Balaban J connectivity index is 2.02. The van der Waals surface area contributed by atoms with Crippen LogP contribution in [0.1, 0.15) is 22.3 Å². The van der Waals surface area contributed by atoms with Crippen LogP contribution in [0.4, 0.5) is 0 Å². The summed E-state index contributed by atoms with van der Waals surface area (Å²) < 4.78 is 0. The first-order valence-corrected chi connectivity index (χ1v) is 9.29. The monoisotopic (exact) mass is 334 g/mol. The van der Waals surface area contributed by atoms with Crippen LogP contribution in [0.2, 0.25) is 0 Å². The van der Waals surface area contributed by atoms with Crippen LogP contribution in [-0.4, -0.2) is 0 Å². The molecule has 0 nitrogen and oxygen atoms in total. The fourth-order valence-corrected chi connectivity index (χ4v) is 4.67. The number of rotatable bonds is 1. The van der Waals surface area contributed by atoms with Crippen molar-refractivity contribution >= 4 is 32.3 Å². The van der Waals surface area contributed by atoms with Gasteiger partial charge in [0.1, 0.15) is 0 Å². The predicted molar refractivity (Wildman–Crippen MR) is 115 cm³/mol. The molecule has 5 aromatic rings. The van der Waals surface area contributed by atoms with E-state index >= 15 is 0 Å². The van der Waals surface area contributed by atoms with E-state index in [9.17, 15) is 0 Å². The lowest BCUT2D eigenvalue weighted by molar-refractivity contribution is 1.38. The van der Waals surface area contributed by atoms with Crippen LogP contribution >= 0.6 is 0 Å². The van der Waals surface area contributed by atoms with Crippen LogP contribution in [-0.2, 0) is 0 Å². The van der Waals surface area contributed by atoms with Gasteiger partial charge in [-0.05, 0) is 82.3 Å². The van der Waals surface area contributed by atoms with E-state index in [0.717, 1.165) is 0 Å². The summed E-state index contributed by atoms with van der Waals surface area (Å²) in [4.78, 5) is 0. The molecule has 0 N–H and O–H groups in total. The van der Waals surface area contributed by atoms with E-state index in [4.69, 9.17) is 0 Å². The molecule has 26 heavy (non-hydrogen) atoms. The van der Waals surface area contributed by atoms with Gasteiger partial charge in [-0.15, -0.1) is 0 Å². The van der Waals surface area contributed by atoms with Gasteiger partial charge < -0.3 is 0 Å². The molecule has 0 aromatic heterocycles. The highest BCUT2D eigenvalue weighted by Crippen LogP contribution is 2.42. The molecule has 0 atom stereocenters. The molecule has 0 heteroatoms. The summed E-state index contributed by atoms with van der Waals surface area (Å²) in [5.41, 5.74) is 8.04. The van der Waals surface area contributed by atoms with Crippen LogP contribution in [0.3, 0.4) is 0 Å². The molecular formula is C26H22. The Labute approximate surface area is 154 Å². The van der Waals surface area contributed by atoms with Gasteiger partial charge in [0.05, 0.1) is 0 Å². The SMILES string of the molecule is Cc1cc(C)cc(-c2c(C)cc3ccc4ccc(C)c5ccc2c3c45)c1. The summed E-state index contributed by atoms with van der Waals surface area (Å²) in [5, 5.41) is 8.23. The zero-order valence-corrected chi connectivity index (χ0v) is 15.8. The quantitative estimate of drug-likeness (QED) is 0.279. The van der Waals surface area contributed by atoms with Gasteiger partial charge in [0.15, 0.2) is 0 Å². The molecule has 0 saturated carbocycles. The van der Waals surface area contributed by atoms with Gasteiger partial charge in [-0.3, -0.25) is 0 Å². The van der Waals surface area contributed by atoms with E-state index in [2.05, 4.69) is 88.4 Å². The van der Waals surface area contributed by atoms with Gasteiger partial charge in [0.25, 0.3) is 0 Å². The molecule has 0 bridgehead atoms. The first-order chi connectivity index (χ1) is 12.5. The Morgan fingerprint density at radius 1 is 0.500 bits per heavy atom. The van der Waals surface area contributed by atoms with Crippen molar-refractivity contribution in [1.82, 2.24) is 0 Å². The Bertz CT molecular complexity index is 1280. The Hall–Kier alpha value is -2.86. The fraction of sp³-hybridized carbons (Fsp3) is 0.154. The summed E-state index contributed by atoms with van der Waals surface area (Å²) in [7, 11) is 0. The number of benzene rings is 5. The highest BCUT2D eigenvalue weighted by atomic mass is 14.2. The van der Waals surface area contributed by atoms with Gasteiger partial charge >= 0.3 is 0 Å². The minimum atomic E-state index is 1.32. The van der Waals surface area contributed by atoms with Crippen molar-refractivity contribution in [2.45, 2.75) is 27.7 Å². The van der Waals surface area contributed by atoms with Gasteiger partial charge in [-0.25, -0.2) is 0 Å². The first kappa shape index (κ1) is 15.4. The lowest BCUT2D eigenvalue weighted by Gasteiger charge is -2.18. The van der Waals surface area contributed by atoms with Gasteiger partial charge in [-0.1, -0.05) is 71.8 Å². The molecule has 0 amide bonds. The zero-order chi connectivity index (χ0) is 18.0. The smallest absolute Gasteiger partial charge is 0.00203 e. The molecule has 0 fully saturated rings. The minimum Gasteiger partial charge on any atom is -0.0581 e. The van der Waals surface area contributed by atoms with Crippen molar-refractivity contribution in [2.24, 2.45) is 0 Å². The molecule has 0 unspecified atom stereocenters. The third-order valence-electron chi connectivity index (χ3n) is 5.71. The predicted octanol–water partition coefficient (Wildman–Crippen LogP) is 7.48. The topological polar surface area (TPSA) is 0 Å². The molecule has 0 heterocycles. The summed E-state index contributed by atoms with van der Waals surface area (Å²) in [6.45, 7) is 8.82. The maximum atomic E-state index is 2.36. The average molecular weight is 334 g/mol. The lowest BCUT2D eigenvalue weighted by Crippen LogP contribution is -1.92. The largest absolute Gasteiger partial charge is 0.0581 e. The highest BCUT2D eigenvalue weighted by molar-refractivity contribution is 6.26.